The van der Waals surface area contributed by atoms with Crippen molar-refractivity contribution in [2.75, 3.05) is 30.3 Å². The molecule has 2 rings (SSSR count). The van der Waals surface area contributed by atoms with Crippen LogP contribution in [0.25, 0.3) is 0 Å². The molecule has 1 aromatic heterocycles. The number of nitrogens with zero attached hydrogens (tertiary/aromatic N) is 3. The molecule has 0 radical (unpaired) electrons. The monoisotopic (exact) mass is 297 g/mol. The second-order valence-corrected chi connectivity index (χ2v) is 5.79. The molecule has 0 bridgehead atoms. The summed E-state index contributed by atoms with van der Waals surface area (Å²) in [5.74, 6) is 0.922. The van der Waals surface area contributed by atoms with Crippen LogP contribution in [-0.4, -0.2) is 51.8 Å². The molecule has 110 valence electrons. The molecule has 1 aliphatic heterocycles. The van der Waals surface area contributed by atoms with E-state index in [1.54, 1.807) is 0 Å². The Kier molecular flexibility index (Phi) is 4.66. The molecule has 1 amide bonds. The Balaban J connectivity index is 1.91. The highest BCUT2D eigenvalue weighted by molar-refractivity contribution is 7.99. The number of amides is 1. The van der Waals surface area contributed by atoms with Gasteiger partial charge in [0.05, 0.1) is 18.0 Å². The molecule has 7 nitrogen and oxygen atoms in total. The lowest BCUT2D eigenvalue weighted by Crippen LogP contribution is -2.48. The summed E-state index contributed by atoms with van der Waals surface area (Å²) in [5, 5.41) is 0.421. The molecule has 0 unspecified atom stereocenters. The van der Waals surface area contributed by atoms with Crippen molar-refractivity contribution in [3.63, 3.8) is 0 Å². The summed E-state index contributed by atoms with van der Waals surface area (Å²) in [7, 11) is 0. The van der Waals surface area contributed by atoms with Gasteiger partial charge in [0.1, 0.15) is 11.6 Å². The summed E-state index contributed by atoms with van der Waals surface area (Å²) < 4.78 is 5.60. The molecule has 8 heteroatoms. The molecule has 20 heavy (non-hydrogen) atoms. The van der Waals surface area contributed by atoms with Crippen molar-refractivity contribution in [3.8, 4) is 0 Å². The van der Waals surface area contributed by atoms with Crippen LogP contribution < -0.4 is 11.5 Å². The molecular formula is C12H19N5O2S. The molecule has 1 aromatic rings. The number of nitrogens with two attached hydrogens (primary N) is 2. The van der Waals surface area contributed by atoms with E-state index in [4.69, 9.17) is 16.2 Å². The van der Waals surface area contributed by atoms with E-state index >= 15 is 0 Å². The van der Waals surface area contributed by atoms with Gasteiger partial charge in [-0.1, -0.05) is 11.8 Å². The van der Waals surface area contributed by atoms with Crippen LogP contribution in [0.4, 0.5) is 11.6 Å². The van der Waals surface area contributed by atoms with E-state index in [0.29, 0.717) is 29.9 Å². The van der Waals surface area contributed by atoms with E-state index in [9.17, 15) is 4.79 Å². The van der Waals surface area contributed by atoms with Crippen molar-refractivity contribution < 1.29 is 9.53 Å². The predicted octanol–water partition coefficient (Wildman–Crippen LogP) is 0.369. The summed E-state index contributed by atoms with van der Waals surface area (Å²) in [4.78, 5) is 22.0. The minimum atomic E-state index is 0.0431. The Morgan fingerprint density at radius 2 is 1.90 bits per heavy atom. The lowest BCUT2D eigenvalue weighted by atomic mass is 10.2. The predicted molar refractivity (Wildman–Crippen MR) is 78.2 cm³/mol. The first-order valence-corrected chi connectivity index (χ1v) is 7.38. The van der Waals surface area contributed by atoms with E-state index in [2.05, 4.69) is 9.97 Å². The molecule has 2 atom stereocenters. The lowest BCUT2D eigenvalue weighted by molar-refractivity contribution is -0.140. The third kappa shape index (κ3) is 3.97. The zero-order chi connectivity index (χ0) is 14.7. The first kappa shape index (κ1) is 14.9. The average molecular weight is 297 g/mol. The van der Waals surface area contributed by atoms with Crippen LogP contribution in [0.15, 0.2) is 11.2 Å². The number of ether oxygens (including phenoxy) is 1. The maximum absolute atomic E-state index is 12.2. The van der Waals surface area contributed by atoms with Crippen LogP contribution >= 0.6 is 11.8 Å². The SMILES string of the molecule is C[C@@H]1CN(C(=O)CSc2nc(N)cc(N)n2)C[C@@H](C)O1. The van der Waals surface area contributed by atoms with Crippen LogP contribution in [-0.2, 0) is 9.53 Å². The Hall–Kier alpha value is -1.54. The van der Waals surface area contributed by atoms with Gasteiger partial charge in [-0.15, -0.1) is 0 Å². The van der Waals surface area contributed by atoms with Crippen molar-refractivity contribution in [2.45, 2.75) is 31.2 Å². The fourth-order valence-electron chi connectivity index (χ4n) is 2.13. The van der Waals surface area contributed by atoms with Gasteiger partial charge >= 0.3 is 0 Å². The van der Waals surface area contributed by atoms with Gasteiger partial charge in [0, 0.05) is 19.2 Å². The van der Waals surface area contributed by atoms with Crippen LogP contribution in [0.1, 0.15) is 13.8 Å². The van der Waals surface area contributed by atoms with Gasteiger partial charge in [-0.05, 0) is 13.8 Å². The van der Waals surface area contributed by atoms with Crippen molar-refractivity contribution >= 4 is 29.3 Å². The number of carbonyl (C=O) groups is 1. The van der Waals surface area contributed by atoms with E-state index < -0.39 is 0 Å². The maximum Gasteiger partial charge on any atom is 0.233 e. The highest BCUT2D eigenvalue weighted by Gasteiger charge is 2.25. The smallest absolute Gasteiger partial charge is 0.233 e. The van der Waals surface area contributed by atoms with E-state index in [1.807, 2.05) is 18.7 Å². The molecule has 0 spiro atoms. The molecule has 1 saturated heterocycles. The Labute approximate surface area is 122 Å². The van der Waals surface area contributed by atoms with E-state index in [1.165, 1.54) is 17.8 Å². The highest BCUT2D eigenvalue weighted by Crippen LogP contribution is 2.18. The minimum Gasteiger partial charge on any atom is -0.383 e. The number of nitrogen functional groups attached to an aromatic ring is 2. The molecule has 0 aromatic carbocycles. The molecule has 4 N–H and O–H groups in total. The lowest BCUT2D eigenvalue weighted by Gasteiger charge is -2.35. The van der Waals surface area contributed by atoms with Crippen LogP contribution in [0.3, 0.4) is 0 Å². The first-order valence-electron chi connectivity index (χ1n) is 6.40. The Morgan fingerprint density at radius 3 is 2.45 bits per heavy atom. The van der Waals surface area contributed by atoms with Gasteiger partial charge in [-0.25, -0.2) is 9.97 Å². The quantitative estimate of drug-likeness (QED) is 0.613. The topological polar surface area (TPSA) is 107 Å². The minimum absolute atomic E-state index is 0.0431. The standard InChI is InChI=1S/C12H19N5O2S/c1-7-4-17(5-8(2)19-7)11(18)6-20-12-15-9(13)3-10(14)16-12/h3,7-8H,4-6H2,1-2H3,(H4,13,14,15,16)/t7-,8-/m1/s1. The zero-order valence-electron chi connectivity index (χ0n) is 11.6. The molecule has 1 aliphatic rings. The molecule has 1 fully saturated rings. The van der Waals surface area contributed by atoms with Crippen LogP contribution in [0.2, 0.25) is 0 Å². The second-order valence-electron chi connectivity index (χ2n) is 4.84. The third-order valence-corrected chi connectivity index (χ3v) is 3.67. The molecule has 0 aliphatic carbocycles. The number of anilines is 2. The largest absolute Gasteiger partial charge is 0.383 e. The van der Waals surface area contributed by atoms with Gasteiger partial charge in [0.25, 0.3) is 0 Å². The number of hydrogen-bond acceptors (Lipinski definition) is 7. The average Bonchev–Trinajstić information content (AvgIpc) is 2.33. The third-order valence-electron chi connectivity index (χ3n) is 2.84. The molecule has 2 heterocycles. The van der Waals surface area contributed by atoms with E-state index in [-0.39, 0.29) is 23.9 Å². The number of thioether (sulfide) groups is 1. The van der Waals surface area contributed by atoms with Crippen molar-refractivity contribution in [1.29, 1.82) is 0 Å². The van der Waals surface area contributed by atoms with Gasteiger partial charge in [-0.3, -0.25) is 4.79 Å². The number of aromatic nitrogens is 2. The van der Waals surface area contributed by atoms with Gasteiger partial charge in [-0.2, -0.15) is 0 Å². The molecular weight excluding hydrogens is 278 g/mol. The fourth-order valence-corrected chi connectivity index (χ4v) is 2.90. The summed E-state index contributed by atoms with van der Waals surface area (Å²) >= 11 is 1.24. The highest BCUT2D eigenvalue weighted by atomic mass is 32.2. The van der Waals surface area contributed by atoms with Gasteiger partial charge in [0.2, 0.25) is 5.91 Å². The zero-order valence-corrected chi connectivity index (χ0v) is 12.4. The number of rotatable bonds is 3. The normalized spacial score (nSPS) is 22.8. The summed E-state index contributed by atoms with van der Waals surface area (Å²) in [6.45, 7) is 5.16. The van der Waals surface area contributed by atoms with Crippen molar-refractivity contribution in [2.24, 2.45) is 0 Å². The first-order chi connectivity index (χ1) is 9.44. The maximum atomic E-state index is 12.2. The second kappa shape index (κ2) is 6.27. The van der Waals surface area contributed by atoms with Gasteiger partial charge in [0.15, 0.2) is 5.16 Å². The number of carbonyl (C=O) groups excluding carboxylic acids is 1. The van der Waals surface area contributed by atoms with Gasteiger partial charge < -0.3 is 21.1 Å². The Morgan fingerprint density at radius 1 is 1.35 bits per heavy atom. The molecule has 0 saturated carbocycles. The Bertz CT molecular complexity index is 468. The number of hydrogen-bond donors (Lipinski definition) is 2. The summed E-state index contributed by atoms with van der Waals surface area (Å²) in [5.41, 5.74) is 11.2. The van der Waals surface area contributed by atoms with Crippen LogP contribution in [0.5, 0.6) is 0 Å². The van der Waals surface area contributed by atoms with E-state index in [0.717, 1.165) is 0 Å². The summed E-state index contributed by atoms with van der Waals surface area (Å²) in [6, 6.07) is 1.48. The fraction of sp³-hybridized carbons (Fsp3) is 0.583. The number of morpholine rings is 1. The summed E-state index contributed by atoms with van der Waals surface area (Å²) in [6.07, 6.45) is 0.124. The van der Waals surface area contributed by atoms with Crippen molar-refractivity contribution in [1.82, 2.24) is 14.9 Å². The van der Waals surface area contributed by atoms with Crippen molar-refractivity contribution in [3.05, 3.63) is 6.07 Å². The van der Waals surface area contributed by atoms with Crippen LogP contribution in [0, 0.1) is 0 Å².